The molecule has 0 amide bonds. The van der Waals surface area contributed by atoms with E-state index < -0.39 is 0 Å². The van der Waals surface area contributed by atoms with E-state index in [9.17, 15) is 0 Å². The lowest BCUT2D eigenvalue weighted by Crippen LogP contribution is -2.24. The number of rotatable bonds is 2. The molecule has 0 N–H and O–H groups in total. The molecule has 1 saturated heterocycles. The summed E-state index contributed by atoms with van der Waals surface area (Å²) in [5, 5.41) is 8.87. The van der Waals surface area contributed by atoms with Crippen molar-refractivity contribution in [2.24, 2.45) is 5.92 Å². The van der Waals surface area contributed by atoms with Crippen molar-refractivity contribution in [2.45, 2.75) is 0 Å². The Bertz CT molecular complexity index is 784. The minimum Gasteiger partial charge on any atom is -0.380 e. The molecule has 2 aliphatic rings. The maximum atomic E-state index is 8.87. The van der Waals surface area contributed by atoms with E-state index in [1.165, 1.54) is 5.57 Å². The van der Waals surface area contributed by atoms with Crippen LogP contribution in [0.25, 0.3) is 11.1 Å². The summed E-state index contributed by atoms with van der Waals surface area (Å²) >= 11 is 0. The lowest BCUT2D eigenvalue weighted by molar-refractivity contribution is 0.442. The van der Waals surface area contributed by atoms with Crippen molar-refractivity contribution < 1.29 is 0 Å². The lowest BCUT2D eigenvalue weighted by Gasteiger charge is -2.19. The largest absolute Gasteiger partial charge is 0.380 e. The zero-order valence-corrected chi connectivity index (χ0v) is 13.1. The second kappa shape index (κ2) is 5.44. The summed E-state index contributed by atoms with van der Waals surface area (Å²) in [4.78, 5) is 9.28. The van der Waals surface area contributed by atoms with Gasteiger partial charge >= 0.3 is 0 Å². The van der Waals surface area contributed by atoms with Crippen molar-refractivity contribution in [1.29, 1.82) is 5.26 Å². The Kier molecular flexibility index (Phi) is 3.27. The van der Waals surface area contributed by atoms with Crippen molar-refractivity contribution >= 4 is 5.82 Å². The van der Waals surface area contributed by atoms with Gasteiger partial charge in [-0.3, -0.25) is 0 Å². The Hall–Kier alpha value is -2.80. The highest BCUT2D eigenvalue weighted by Crippen LogP contribution is 2.31. The molecule has 1 unspecified atom stereocenters. The predicted octanol–water partition coefficient (Wildman–Crippen LogP) is 2.89. The molecule has 0 aliphatic carbocycles. The average molecular weight is 302 g/mol. The molecule has 1 aromatic carbocycles. The molecule has 4 heteroatoms. The van der Waals surface area contributed by atoms with E-state index in [1.807, 2.05) is 30.5 Å². The summed E-state index contributed by atoms with van der Waals surface area (Å²) in [6, 6.07) is 14.0. The van der Waals surface area contributed by atoms with E-state index in [1.54, 1.807) is 0 Å². The zero-order valence-electron chi connectivity index (χ0n) is 13.1. The van der Waals surface area contributed by atoms with Crippen LogP contribution in [0.1, 0.15) is 5.56 Å². The highest BCUT2D eigenvalue weighted by molar-refractivity contribution is 5.65. The van der Waals surface area contributed by atoms with Gasteiger partial charge in [0.2, 0.25) is 0 Å². The predicted molar refractivity (Wildman–Crippen MR) is 90.8 cm³/mol. The minimum atomic E-state index is 0.653. The van der Waals surface area contributed by atoms with Crippen LogP contribution in [0.15, 0.2) is 54.4 Å². The van der Waals surface area contributed by atoms with Gasteiger partial charge in [0.15, 0.2) is 0 Å². The molecular weight excluding hydrogens is 284 g/mol. The van der Waals surface area contributed by atoms with Gasteiger partial charge in [0.05, 0.1) is 11.6 Å². The number of benzene rings is 1. The van der Waals surface area contributed by atoms with Crippen LogP contribution in [0.3, 0.4) is 0 Å². The SMILES string of the molecule is CN1C=C2CN(c3ccc(-c4ccc(C#N)cc4)cn3)CC2C1. The Morgan fingerprint density at radius 2 is 1.87 bits per heavy atom. The van der Waals surface area contributed by atoms with Crippen LogP contribution < -0.4 is 4.90 Å². The number of fused-ring (bicyclic) bond motifs is 1. The van der Waals surface area contributed by atoms with E-state index in [0.717, 1.165) is 36.6 Å². The van der Waals surface area contributed by atoms with Crippen LogP contribution in [0.2, 0.25) is 0 Å². The Morgan fingerprint density at radius 1 is 1.09 bits per heavy atom. The van der Waals surface area contributed by atoms with Gasteiger partial charge in [-0.1, -0.05) is 12.1 Å². The molecule has 4 rings (SSSR count). The maximum absolute atomic E-state index is 8.87. The first-order valence-corrected chi connectivity index (χ1v) is 7.85. The molecule has 1 atom stereocenters. The Morgan fingerprint density at radius 3 is 2.52 bits per heavy atom. The first kappa shape index (κ1) is 13.8. The Balaban J connectivity index is 1.52. The summed E-state index contributed by atoms with van der Waals surface area (Å²) in [5.41, 5.74) is 4.37. The number of hydrogen-bond donors (Lipinski definition) is 0. The van der Waals surface area contributed by atoms with Gasteiger partial charge in [-0.05, 0) is 35.4 Å². The molecule has 1 aromatic heterocycles. The number of anilines is 1. The molecule has 0 spiro atoms. The van der Waals surface area contributed by atoms with E-state index in [-0.39, 0.29) is 0 Å². The van der Waals surface area contributed by atoms with E-state index in [2.05, 4.69) is 46.2 Å². The van der Waals surface area contributed by atoms with Crippen molar-refractivity contribution in [3.8, 4) is 17.2 Å². The maximum Gasteiger partial charge on any atom is 0.128 e. The van der Waals surface area contributed by atoms with Crippen molar-refractivity contribution in [1.82, 2.24) is 9.88 Å². The third kappa shape index (κ3) is 2.55. The van der Waals surface area contributed by atoms with Crippen LogP contribution in [0.4, 0.5) is 5.82 Å². The molecule has 4 nitrogen and oxygen atoms in total. The molecule has 2 aromatic rings. The van der Waals surface area contributed by atoms with Crippen LogP contribution in [-0.4, -0.2) is 36.6 Å². The summed E-state index contributed by atoms with van der Waals surface area (Å²) in [5.74, 6) is 1.69. The summed E-state index contributed by atoms with van der Waals surface area (Å²) < 4.78 is 0. The van der Waals surface area contributed by atoms with Crippen molar-refractivity contribution in [3.63, 3.8) is 0 Å². The van der Waals surface area contributed by atoms with Gasteiger partial charge in [-0.15, -0.1) is 0 Å². The average Bonchev–Trinajstić information content (AvgIpc) is 3.12. The number of nitrogens with zero attached hydrogens (tertiary/aromatic N) is 4. The van der Waals surface area contributed by atoms with E-state index in [4.69, 9.17) is 5.26 Å². The smallest absolute Gasteiger partial charge is 0.128 e. The summed E-state index contributed by atoms with van der Waals surface area (Å²) in [7, 11) is 2.14. The fraction of sp³-hybridized carbons (Fsp3) is 0.263. The second-order valence-electron chi connectivity index (χ2n) is 6.32. The monoisotopic (exact) mass is 302 g/mol. The van der Waals surface area contributed by atoms with Crippen LogP contribution >= 0.6 is 0 Å². The standard InChI is InChI=1S/C19H18N4/c1-22-10-17-12-23(13-18(17)11-22)19-7-6-16(9-21-19)15-4-2-14(8-20)3-5-15/h2-7,9-10,18H,11-13H2,1H3. The van der Waals surface area contributed by atoms with Gasteiger partial charge in [0.1, 0.15) is 5.82 Å². The molecule has 0 saturated carbocycles. The lowest BCUT2D eigenvalue weighted by atomic mass is 10.1. The molecule has 0 bridgehead atoms. The first-order valence-electron chi connectivity index (χ1n) is 7.85. The quantitative estimate of drug-likeness (QED) is 0.855. The minimum absolute atomic E-state index is 0.653. The van der Waals surface area contributed by atoms with E-state index in [0.29, 0.717) is 11.5 Å². The number of hydrogen-bond acceptors (Lipinski definition) is 4. The van der Waals surface area contributed by atoms with Crippen LogP contribution in [0, 0.1) is 17.2 Å². The van der Waals surface area contributed by atoms with Gasteiger partial charge in [-0.2, -0.15) is 5.26 Å². The van der Waals surface area contributed by atoms with Gasteiger partial charge in [0.25, 0.3) is 0 Å². The highest BCUT2D eigenvalue weighted by Gasteiger charge is 2.32. The van der Waals surface area contributed by atoms with E-state index >= 15 is 0 Å². The fourth-order valence-electron chi connectivity index (χ4n) is 3.46. The number of pyridine rings is 1. The van der Waals surface area contributed by atoms with Gasteiger partial charge in [0, 0.05) is 50.6 Å². The first-order chi connectivity index (χ1) is 11.2. The second-order valence-corrected chi connectivity index (χ2v) is 6.32. The topological polar surface area (TPSA) is 43.2 Å². The molecule has 1 fully saturated rings. The highest BCUT2D eigenvalue weighted by atomic mass is 15.2. The zero-order chi connectivity index (χ0) is 15.8. The van der Waals surface area contributed by atoms with Crippen molar-refractivity contribution in [3.05, 3.63) is 59.9 Å². The summed E-state index contributed by atoms with van der Waals surface area (Å²) in [6.45, 7) is 3.16. The van der Waals surface area contributed by atoms with Crippen molar-refractivity contribution in [2.75, 3.05) is 31.6 Å². The van der Waals surface area contributed by atoms with Gasteiger partial charge in [-0.25, -0.2) is 4.98 Å². The third-order valence-electron chi connectivity index (χ3n) is 4.65. The number of aromatic nitrogens is 1. The number of nitriles is 1. The normalized spacial score (nSPS) is 19.5. The molecule has 23 heavy (non-hydrogen) atoms. The van der Waals surface area contributed by atoms with Crippen LogP contribution in [0.5, 0.6) is 0 Å². The molecule has 0 radical (unpaired) electrons. The summed E-state index contributed by atoms with van der Waals surface area (Å²) in [6.07, 6.45) is 4.20. The molecule has 2 aliphatic heterocycles. The van der Waals surface area contributed by atoms with Crippen LogP contribution in [-0.2, 0) is 0 Å². The van der Waals surface area contributed by atoms with Gasteiger partial charge < -0.3 is 9.80 Å². The fourth-order valence-corrected chi connectivity index (χ4v) is 3.46. The molecule has 3 heterocycles. The third-order valence-corrected chi connectivity index (χ3v) is 4.65. The Labute approximate surface area is 136 Å². The molecular formula is C19H18N4. The molecule has 114 valence electrons.